The van der Waals surface area contributed by atoms with Gasteiger partial charge in [-0.25, -0.2) is 9.97 Å². The van der Waals surface area contributed by atoms with E-state index in [2.05, 4.69) is 35.7 Å². The lowest BCUT2D eigenvalue weighted by molar-refractivity contribution is 0.554. The van der Waals surface area contributed by atoms with Gasteiger partial charge >= 0.3 is 0 Å². The van der Waals surface area contributed by atoms with Crippen LogP contribution in [0.1, 0.15) is 26.6 Å². The molecule has 2 rings (SSSR count). The van der Waals surface area contributed by atoms with Crippen molar-refractivity contribution in [1.29, 1.82) is 0 Å². The second-order valence-electron chi connectivity index (χ2n) is 4.47. The third-order valence-electron chi connectivity index (χ3n) is 2.09. The maximum atomic E-state index is 5.87. The number of nitrogens with zero attached hydrogens (tertiary/aromatic N) is 2. The molecule has 2 aromatic rings. The fraction of sp³-hybridized carbons (Fsp3) is 0.400. The summed E-state index contributed by atoms with van der Waals surface area (Å²) >= 11 is 11.7. The molecule has 1 N–H and O–H groups in total. The fourth-order valence-electron chi connectivity index (χ4n) is 1.25. The minimum Gasteiger partial charge on any atom is -0.340 e. The third-order valence-corrected chi connectivity index (χ3v) is 2.77. The summed E-state index contributed by atoms with van der Waals surface area (Å²) in [5.41, 5.74) is 1.38. The van der Waals surface area contributed by atoms with E-state index < -0.39 is 0 Å². The highest BCUT2D eigenvalue weighted by atomic mass is 35.5. The van der Waals surface area contributed by atoms with Gasteiger partial charge < -0.3 is 4.98 Å². The van der Waals surface area contributed by atoms with Gasteiger partial charge in [0.15, 0.2) is 5.65 Å². The molecule has 0 atom stereocenters. The number of rotatable bonds is 0. The van der Waals surface area contributed by atoms with Crippen LogP contribution in [0.3, 0.4) is 0 Å². The monoisotopic (exact) mass is 243 g/mol. The van der Waals surface area contributed by atoms with Crippen molar-refractivity contribution < 1.29 is 0 Å². The zero-order valence-electron chi connectivity index (χ0n) is 8.73. The van der Waals surface area contributed by atoms with Crippen LogP contribution in [0.4, 0.5) is 0 Å². The minimum atomic E-state index is -0.0420. The van der Waals surface area contributed by atoms with Crippen molar-refractivity contribution in [1.82, 2.24) is 15.0 Å². The molecule has 0 spiro atoms. The summed E-state index contributed by atoms with van der Waals surface area (Å²) in [6, 6.07) is 1.74. The van der Waals surface area contributed by atoms with E-state index in [4.69, 9.17) is 23.2 Å². The number of pyridine rings is 1. The first-order valence-electron chi connectivity index (χ1n) is 4.60. The van der Waals surface area contributed by atoms with E-state index in [0.29, 0.717) is 10.7 Å². The van der Waals surface area contributed by atoms with Gasteiger partial charge in [0.1, 0.15) is 11.0 Å². The molecule has 0 fully saturated rings. The molecule has 80 valence electrons. The van der Waals surface area contributed by atoms with Gasteiger partial charge in [-0.05, 0) is 6.07 Å². The van der Waals surface area contributed by atoms with Gasteiger partial charge in [0.05, 0.1) is 10.5 Å². The van der Waals surface area contributed by atoms with Crippen LogP contribution in [0.2, 0.25) is 10.2 Å². The van der Waals surface area contributed by atoms with Crippen molar-refractivity contribution in [3.05, 3.63) is 22.1 Å². The molecule has 0 aliphatic rings. The molecular formula is C10H11Cl2N3. The number of nitrogens with one attached hydrogen (secondary N) is 1. The third kappa shape index (κ3) is 1.94. The second kappa shape index (κ2) is 3.35. The van der Waals surface area contributed by atoms with Crippen LogP contribution in [0.25, 0.3) is 11.2 Å². The van der Waals surface area contributed by atoms with Gasteiger partial charge in [0, 0.05) is 5.41 Å². The molecule has 0 saturated carbocycles. The Morgan fingerprint density at radius 2 is 1.87 bits per heavy atom. The second-order valence-corrected chi connectivity index (χ2v) is 5.23. The van der Waals surface area contributed by atoms with Gasteiger partial charge in [-0.15, -0.1) is 0 Å². The van der Waals surface area contributed by atoms with Crippen molar-refractivity contribution in [2.75, 3.05) is 0 Å². The van der Waals surface area contributed by atoms with E-state index in [9.17, 15) is 0 Å². The summed E-state index contributed by atoms with van der Waals surface area (Å²) in [5.74, 6) is 0.878. The number of H-pyrrole nitrogens is 1. The van der Waals surface area contributed by atoms with Gasteiger partial charge in [0.2, 0.25) is 0 Å². The summed E-state index contributed by atoms with van der Waals surface area (Å²) in [6.45, 7) is 6.23. The fourth-order valence-corrected chi connectivity index (χ4v) is 1.54. The predicted octanol–water partition coefficient (Wildman–Crippen LogP) is 3.56. The van der Waals surface area contributed by atoms with Crippen LogP contribution in [0.15, 0.2) is 6.07 Å². The average molecular weight is 244 g/mol. The molecule has 0 radical (unpaired) electrons. The maximum absolute atomic E-state index is 5.87. The van der Waals surface area contributed by atoms with Crippen molar-refractivity contribution in [2.24, 2.45) is 0 Å². The number of hydrogen-bond acceptors (Lipinski definition) is 2. The normalized spacial score (nSPS) is 12.3. The molecule has 0 aliphatic heterocycles. The molecule has 5 heteroatoms. The highest BCUT2D eigenvalue weighted by molar-refractivity contribution is 6.41. The van der Waals surface area contributed by atoms with Crippen molar-refractivity contribution in [3.8, 4) is 0 Å². The highest BCUT2D eigenvalue weighted by Gasteiger charge is 2.19. The smallest absolute Gasteiger partial charge is 0.179 e. The Bertz CT molecular complexity index is 472. The molecule has 15 heavy (non-hydrogen) atoms. The largest absolute Gasteiger partial charge is 0.340 e. The first-order chi connectivity index (χ1) is 6.88. The summed E-state index contributed by atoms with van der Waals surface area (Å²) in [6.07, 6.45) is 0. The standard InChI is InChI=1S/C10H11Cl2N3/c1-10(2,3)9-13-6-4-5(11)7(12)14-8(6)15-9/h4H,1-3H3,(H,13,14,15). The molecular weight excluding hydrogens is 233 g/mol. The lowest BCUT2D eigenvalue weighted by Crippen LogP contribution is -2.12. The number of hydrogen-bond donors (Lipinski definition) is 1. The Balaban J connectivity index is 2.66. The zero-order valence-corrected chi connectivity index (χ0v) is 10.2. The first kappa shape index (κ1) is 10.7. The summed E-state index contributed by atoms with van der Waals surface area (Å²) in [5, 5.41) is 0.726. The molecule has 2 heterocycles. The average Bonchev–Trinajstić information content (AvgIpc) is 2.47. The van der Waals surface area contributed by atoms with Crippen LogP contribution in [0, 0.1) is 0 Å². The zero-order chi connectivity index (χ0) is 11.2. The Morgan fingerprint density at radius 3 is 2.47 bits per heavy atom. The molecule has 0 bridgehead atoms. The number of imidazole rings is 1. The Kier molecular flexibility index (Phi) is 2.40. The van der Waals surface area contributed by atoms with Crippen LogP contribution in [-0.4, -0.2) is 15.0 Å². The SMILES string of the molecule is CC(C)(C)c1nc2nc(Cl)c(Cl)cc2[nH]1. The van der Waals surface area contributed by atoms with E-state index in [1.54, 1.807) is 6.07 Å². The molecule has 0 amide bonds. The van der Waals surface area contributed by atoms with Crippen molar-refractivity contribution in [2.45, 2.75) is 26.2 Å². The molecule has 2 aromatic heterocycles. The van der Waals surface area contributed by atoms with E-state index in [1.807, 2.05) is 0 Å². The van der Waals surface area contributed by atoms with Crippen molar-refractivity contribution in [3.63, 3.8) is 0 Å². The van der Waals surface area contributed by atoms with E-state index in [1.165, 1.54) is 0 Å². The summed E-state index contributed by atoms with van der Waals surface area (Å²) < 4.78 is 0. The number of halogens is 2. The molecule has 0 unspecified atom stereocenters. The molecule has 3 nitrogen and oxygen atoms in total. The number of fused-ring (bicyclic) bond motifs is 1. The highest BCUT2D eigenvalue weighted by Crippen LogP contribution is 2.26. The van der Waals surface area contributed by atoms with Gasteiger partial charge in [0.25, 0.3) is 0 Å². The van der Waals surface area contributed by atoms with Crippen LogP contribution in [-0.2, 0) is 5.41 Å². The molecule has 0 aromatic carbocycles. The van der Waals surface area contributed by atoms with E-state index >= 15 is 0 Å². The van der Waals surface area contributed by atoms with Crippen molar-refractivity contribution >= 4 is 34.4 Å². The Labute approximate surface area is 97.8 Å². The Morgan fingerprint density at radius 1 is 1.20 bits per heavy atom. The lowest BCUT2D eigenvalue weighted by atomic mass is 9.96. The maximum Gasteiger partial charge on any atom is 0.179 e. The Hall–Kier alpha value is -0.800. The molecule has 0 saturated heterocycles. The summed E-state index contributed by atoms with van der Waals surface area (Å²) in [4.78, 5) is 11.7. The minimum absolute atomic E-state index is 0.0420. The van der Waals surface area contributed by atoms with Crippen LogP contribution < -0.4 is 0 Å². The van der Waals surface area contributed by atoms with Gasteiger partial charge in [-0.3, -0.25) is 0 Å². The number of aromatic nitrogens is 3. The van der Waals surface area contributed by atoms with E-state index in [0.717, 1.165) is 11.3 Å². The summed E-state index contributed by atoms with van der Waals surface area (Å²) in [7, 11) is 0. The molecule has 0 aliphatic carbocycles. The van der Waals surface area contributed by atoms with Crippen LogP contribution in [0.5, 0.6) is 0 Å². The van der Waals surface area contributed by atoms with Gasteiger partial charge in [-0.2, -0.15) is 0 Å². The van der Waals surface area contributed by atoms with Gasteiger partial charge in [-0.1, -0.05) is 44.0 Å². The lowest BCUT2D eigenvalue weighted by Gasteiger charge is -2.13. The quantitative estimate of drug-likeness (QED) is 0.720. The topological polar surface area (TPSA) is 41.6 Å². The number of aromatic amines is 1. The first-order valence-corrected chi connectivity index (χ1v) is 5.36. The van der Waals surface area contributed by atoms with Crippen LogP contribution >= 0.6 is 23.2 Å². The predicted molar refractivity (Wildman–Crippen MR) is 62.6 cm³/mol. The van der Waals surface area contributed by atoms with E-state index in [-0.39, 0.29) is 10.6 Å².